The van der Waals surface area contributed by atoms with Gasteiger partial charge in [0, 0.05) is 12.1 Å². The van der Waals surface area contributed by atoms with Gasteiger partial charge in [-0.3, -0.25) is 0 Å². The molecular weight excluding hydrogens is 238 g/mol. The summed E-state index contributed by atoms with van der Waals surface area (Å²) in [5.41, 5.74) is 2.21. The van der Waals surface area contributed by atoms with E-state index >= 15 is 0 Å². The molecule has 1 rings (SSSR count). The van der Waals surface area contributed by atoms with Crippen LogP contribution in [0.1, 0.15) is 32.8 Å². The zero-order valence-corrected chi connectivity index (χ0v) is 12.3. The number of nitrogens with one attached hydrogen (secondary N) is 1. The first-order chi connectivity index (χ1) is 9.22. The monoisotopic (exact) mass is 263 g/mol. The number of ether oxygens (including phenoxy) is 2. The van der Waals surface area contributed by atoms with Crippen LogP contribution in [0.5, 0.6) is 11.5 Å². The summed E-state index contributed by atoms with van der Waals surface area (Å²) in [7, 11) is 0. The quantitative estimate of drug-likeness (QED) is 0.691. The normalized spacial score (nSPS) is 10.3. The summed E-state index contributed by atoms with van der Waals surface area (Å²) >= 11 is 0. The molecule has 0 fully saturated rings. The molecule has 3 nitrogen and oxygen atoms in total. The number of para-hydroxylation sites is 1. The fourth-order valence-electron chi connectivity index (χ4n) is 1.67. The third-order valence-electron chi connectivity index (χ3n) is 2.85. The van der Waals surface area contributed by atoms with Gasteiger partial charge in [0.1, 0.15) is 6.61 Å². The SMILES string of the molecule is C=C(CC)COc1c(CNCC)cccc1OCC. The number of hydrogen-bond acceptors (Lipinski definition) is 3. The summed E-state index contributed by atoms with van der Waals surface area (Å²) in [6.07, 6.45) is 0.930. The molecule has 3 heteroatoms. The highest BCUT2D eigenvalue weighted by Crippen LogP contribution is 2.31. The molecule has 0 aliphatic rings. The topological polar surface area (TPSA) is 30.5 Å². The molecule has 0 bridgehead atoms. The van der Waals surface area contributed by atoms with Crippen LogP contribution in [0.3, 0.4) is 0 Å². The van der Waals surface area contributed by atoms with Gasteiger partial charge in [-0.1, -0.05) is 32.6 Å². The molecule has 106 valence electrons. The van der Waals surface area contributed by atoms with Crippen molar-refractivity contribution in [2.24, 2.45) is 0 Å². The Balaban J connectivity index is 2.88. The highest BCUT2D eigenvalue weighted by Gasteiger charge is 2.11. The Morgan fingerprint density at radius 1 is 1.21 bits per heavy atom. The van der Waals surface area contributed by atoms with Crippen LogP contribution in [0.15, 0.2) is 30.4 Å². The zero-order chi connectivity index (χ0) is 14.1. The van der Waals surface area contributed by atoms with Gasteiger partial charge in [0.2, 0.25) is 0 Å². The minimum absolute atomic E-state index is 0.541. The average Bonchev–Trinajstić information content (AvgIpc) is 2.43. The van der Waals surface area contributed by atoms with Crippen LogP contribution >= 0.6 is 0 Å². The predicted molar refractivity (Wildman–Crippen MR) is 79.9 cm³/mol. The van der Waals surface area contributed by atoms with Crippen LogP contribution < -0.4 is 14.8 Å². The predicted octanol–water partition coefficient (Wildman–Crippen LogP) is 3.54. The molecule has 0 saturated carbocycles. The van der Waals surface area contributed by atoms with Crippen LogP contribution in [0.2, 0.25) is 0 Å². The van der Waals surface area contributed by atoms with Crippen molar-refractivity contribution in [1.29, 1.82) is 0 Å². The lowest BCUT2D eigenvalue weighted by molar-refractivity contribution is 0.289. The van der Waals surface area contributed by atoms with Gasteiger partial charge in [0.05, 0.1) is 6.61 Å². The van der Waals surface area contributed by atoms with Crippen molar-refractivity contribution in [2.75, 3.05) is 19.8 Å². The lowest BCUT2D eigenvalue weighted by atomic mass is 10.1. The maximum absolute atomic E-state index is 5.91. The van der Waals surface area contributed by atoms with Gasteiger partial charge in [0.25, 0.3) is 0 Å². The van der Waals surface area contributed by atoms with E-state index in [1.165, 1.54) is 0 Å². The molecule has 0 saturated heterocycles. The fraction of sp³-hybridized carbons (Fsp3) is 0.500. The van der Waals surface area contributed by atoms with E-state index in [-0.39, 0.29) is 0 Å². The molecule has 0 amide bonds. The van der Waals surface area contributed by atoms with Gasteiger partial charge in [-0.05, 0) is 31.5 Å². The van der Waals surface area contributed by atoms with Crippen LogP contribution in [0.25, 0.3) is 0 Å². The molecule has 0 aromatic heterocycles. The summed E-state index contributed by atoms with van der Waals surface area (Å²) < 4.78 is 11.5. The van der Waals surface area contributed by atoms with E-state index in [0.29, 0.717) is 13.2 Å². The van der Waals surface area contributed by atoms with Gasteiger partial charge in [-0.25, -0.2) is 0 Å². The van der Waals surface area contributed by atoms with E-state index in [2.05, 4.69) is 31.8 Å². The van der Waals surface area contributed by atoms with E-state index in [1.807, 2.05) is 19.1 Å². The molecule has 0 aliphatic carbocycles. The van der Waals surface area contributed by atoms with Crippen LogP contribution in [0, 0.1) is 0 Å². The van der Waals surface area contributed by atoms with E-state index in [1.54, 1.807) is 0 Å². The van der Waals surface area contributed by atoms with Gasteiger partial charge in [0.15, 0.2) is 11.5 Å². The molecule has 1 N–H and O–H groups in total. The largest absolute Gasteiger partial charge is 0.490 e. The summed E-state index contributed by atoms with van der Waals surface area (Å²) in [6, 6.07) is 6.01. The molecule has 0 unspecified atom stereocenters. The molecule has 0 spiro atoms. The van der Waals surface area contributed by atoms with Gasteiger partial charge in [-0.2, -0.15) is 0 Å². The fourth-order valence-corrected chi connectivity index (χ4v) is 1.67. The third-order valence-corrected chi connectivity index (χ3v) is 2.85. The highest BCUT2D eigenvalue weighted by molar-refractivity contribution is 5.46. The Kier molecular flexibility index (Phi) is 7.04. The van der Waals surface area contributed by atoms with Crippen LogP contribution in [0.4, 0.5) is 0 Å². The first-order valence-electron chi connectivity index (χ1n) is 6.97. The van der Waals surface area contributed by atoms with E-state index in [9.17, 15) is 0 Å². The van der Waals surface area contributed by atoms with Crippen LogP contribution in [-0.4, -0.2) is 19.8 Å². The number of hydrogen-bond donors (Lipinski definition) is 1. The van der Waals surface area contributed by atoms with Gasteiger partial charge < -0.3 is 14.8 Å². The molecule has 1 aromatic rings. The van der Waals surface area contributed by atoms with Crippen molar-refractivity contribution in [3.8, 4) is 11.5 Å². The summed E-state index contributed by atoms with van der Waals surface area (Å²) in [6.45, 7) is 13.0. The highest BCUT2D eigenvalue weighted by atomic mass is 16.5. The van der Waals surface area contributed by atoms with Gasteiger partial charge >= 0.3 is 0 Å². The second kappa shape index (κ2) is 8.59. The molecule has 0 aliphatic heterocycles. The molecule has 19 heavy (non-hydrogen) atoms. The maximum Gasteiger partial charge on any atom is 0.166 e. The van der Waals surface area contributed by atoms with Crippen molar-refractivity contribution in [3.05, 3.63) is 35.9 Å². The third kappa shape index (κ3) is 4.95. The Morgan fingerprint density at radius 3 is 2.63 bits per heavy atom. The average molecular weight is 263 g/mol. The van der Waals surface area contributed by atoms with Crippen molar-refractivity contribution in [2.45, 2.75) is 33.7 Å². The van der Waals surface area contributed by atoms with Crippen molar-refractivity contribution in [3.63, 3.8) is 0 Å². The first-order valence-corrected chi connectivity index (χ1v) is 6.97. The number of rotatable bonds is 9. The van der Waals surface area contributed by atoms with Crippen molar-refractivity contribution < 1.29 is 9.47 Å². The van der Waals surface area contributed by atoms with E-state index in [0.717, 1.165) is 42.1 Å². The minimum Gasteiger partial charge on any atom is -0.490 e. The molecular formula is C16H25NO2. The molecule has 1 aromatic carbocycles. The number of benzene rings is 1. The summed E-state index contributed by atoms with van der Waals surface area (Å²) in [4.78, 5) is 0. The van der Waals surface area contributed by atoms with E-state index < -0.39 is 0 Å². The summed E-state index contributed by atoms with van der Waals surface area (Å²) in [5, 5.41) is 3.32. The minimum atomic E-state index is 0.541. The summed E-state index contributed by atoms with van der Waals surface area (Å²) in [5.74, 6) is 1.64. The molecule has 0 heterocycles. The van der Waals surface area contributed by atoms with Crippen LogP contribution in [-0.2, 0) is 6.54 Å². The first kappa shape index (κ1) is 15.6. The van der Waals surface area contributed by atoms with E-state index in [4.69, 9.17) is 9.47 Å². The Bertz CT molecular complexity index is 402. The standard InChI is InChI=1S/C16H25NO2/c1-5-13(4)12-19-16-14(11-17-6-2)9-8-10-15(16)18-7-3/h8-10,17H,4-7,11-12H2,1-3H3. The second-order valence-corrected chi connectivity index (χ2v) is 4.35. The van der Waals surface area contributed by atoms with Crippen molar-refractivity contribution >= 4 is 0 Å². The molecule has 0 atom stereocenters. The van der Waals surface area contributed by atoms with Crippen molar-refractivity contribution in [1.82, 2.24) is 5.32 Å². The molecule has 0 radical (unpaired) electrons. The Hall–Kier alpha value is -1.48. The lowest BCUT2D eigenvalue weighted by Crippen LogP contribution is -2.14. The van der Waals surface area contributed by atoms with Gasteiger partial charge in [-0.15, -0.1) is 0 Å². The Morgan fingerprint density at radius 2 is 2.00 bits per heavy atom. The zero-order valence-electron chi connectivity index (χ0n) is 12.3. The Labute approximate surface area is 116 Å². The lowest BCUT2D eigenvalue weighted by Gasteiger charge is -2.16. The smallest absolute Gasteiger partial charge is 0.166 e. The maximum atomic E-state index is 5.91. The second-order valence-electron chi connectivity index (χ2n) is 4.35.